The van der Waals surface area contributed by atoms with Crippen molar-refractivity contribution in [1.29, 1.82) is 0 Å². The van der Waals surface area contributed by atoms with E-state index in [1.165, 1.54) is 43.1 Å². The van der Waals surface area contributed by atoms with Gasteiger partial charge in [-0.15, -0.1) is 11.3 Å². The molecule has 0 spiro atoms. The lowest BCUT2D eigenvalue weighted by molar-refractivity contribution is -0.137. The molecule has 5 unspecified atom stereocenters. The molecule has 4 N–H and O–H groups in total. The summed E-state index contributed by atoms with van der Waals surface area (Å²) < 4.78 is 1.72. The SMILES string of the molecule is CNC(=O)C(=O)CC[C@H](NC(=O)c1sc(Br)nc1C)C(=O)Nc1cccn(CC(=O)NC2C3CC4CC(C3)C2C4)c1=O. The number of rotatable bonds is 11. The van der Waals surface area contributed by atoms with Crippen LogP contribution in [0, 0.1) is 30.6 Å². The van der Waals surface area contributed by atoms with Gasteiger partial charge in [-0.25, -0.2) is 4.98 Å². The van der Waals surface area contributed by atoms with Gasteiger partial charge in [0.05, 0.1) is 5.69 Å². The summed E-state index contributed by atoms with van der Waals surface area (Å²) in [5.74, 6) is -0.618. The van der Waals surface area contributed by atoms with Crippen LogP contribution < -0.4 is 26.8 Å². The van der Waals surface area contributed by atoms with Crippen LogP contribution in [-0.2, 0) is 25.7 Å². The predicted molar refractivity (Wildman–Crippen MR) is 158 cm³/mol. The van der Waals surface area contributed by atoms with Gasteiger partial charge in [-0.1, -0.05) is 0 Å². The van der Waals surface area contributed by atoms with Gasteiger partial charge in [-0.2, -0.15) is 0 Å². The van der Waals surface area contributed by atoms with Crippen LogP contribution >= 0.6 is 27.3 Å². The van der Waals surface area contributed by atoms with Gasteiger partial charge in [0.1, 0.15) is 23.2 Å². The molecule has 14 heteroatoms. The highest BCUT2D eigenvalue weighted by Gasteiger charge is 2.54. The van der Waals surface area contributed by atoms with Gasteiger partial charge < -0.3 is 25.8 Å². The zero-order valence-electron chi connectivity index (χ0n) is 23.3. The first-order valence-electron chi connectivity index (χ1n) is 14.0. The van der Waals surface area contributed by atoms with Gasteiger partial charge in [-0.05, 0) is 90.8 Å². The van der Waals surface area contributed by atoms with Crippen LogP contribution in [0.5, 0.6) is 0 Å². The minimum Gasteiger partial charge on any atom is -0.353 e. The van der Waals surface area contributed by atoms with Crippen LogP contribution in [0.2, 0.25) is 0 Å². The van der Waals surface area contributed by atoms with Gasteiger partial charge >= 0.3 is 0 Å². The smallest absolute Gasteiger partial charge is 0.287 e. The van der Waals surface area contributed by atoms with Crippen LogP contribution in [0.4, 0.5) is 5.69 Å². The molecule has 6 atom stereocenters. The third kappa shape index (κ3) is 6.33. The molecule has 4 fully saturated rings. The number of carbonyl (C=O) groups excluding carboxylic acids is 5. The third-order valence-electron chi connectivity index (χ3n) is 8.72. The van der Waals surface area contributed by atoms with Crippen LogP contribution in [0.3, 0.4) is 0 Å². The van der Waals surface area contributed by atoms with Gasteiger partial charge in [0.2, 0.25) is 17.6 Å². The number of hydrogen-bond donors (Lipinski definition) is 4. The second kappa shape index (κ2) is 12.5. The third-order valence-corrected chi connectivity index (χ3v) is 10.3. The van der Waals surface area contributed by atoms with E-state index in [1.54, 1.807) is 13.0 Å². The normalized spacial score (nSPS) is 24.2. The number of Topliss-reactive ketones (excluding diaryl/α,β-unsaturated/α-hetero) is 1. The lowest BCUT2D eigenvalue weighted by atomic mass is 9.79. The summed E-state index contributed by atoms with van der Waals surface area (Å²) in [5, 5.41) is 10.5. The summed E-state index contributed by atoms with van der Waals surface area (Å²) in [4.78, 5) is 80.6. The fourth-order valence-electron chi connectivity index (χ4n) is 6.92. The van der Waals surface area contributed by atoms with Crippen molar-refractivity contribution in [2.75, 3.05) is 12.4 Å². The number of likely N-dealkylation sites (N-methyl/N-ethyl adjacent to an activating group) is 1. The van der Waals surface area contributed by atoms with Crippen molar-refractivity contribution >= 4 is 62.4 Å². The highest BCUT2D eigenvalue weighted by molar-refractivity contribution is 9.11. The average molecular weight is 662 g/mol. The van der Waals surface area contributed by atoms with Crippen molar-refractivity contribution < 1.29 is 24.0 Å². The summed E-state index contributed by atoms with van der Waals surface area (Å²) in [6.45, 7) is 1.46. The molecule has 4 aliphatic rings. The summed E-state index contributed by atoms with van der Waals surface area (Å²) in [5.41, 5.74) is -0.210. The topological polar surface area (TPSA) is 168 Å². The maximum absolute atomic E-state index is 13.3. The quantitative estimate of drug-likeness (QED) is 0.266. The van der Waals surface area contributed by atoms with E-state index in [0.29, 0.717) is 27.4 Å². The van der Waals surface area contributed by atoms with Crippen molar-refractivity contribution in [3.05, 3.63) is 43.2 Å². The minimum atomic E-state index is -1.24. The maximum atomic E-state index is 13.3. The molecule has 2 heterocycles. The number of aryl methyl sites for hydroxylation is 1. The number of amides is 4. The van der Waals surface area contributed by atoms with Gasteiger partial charge in [-0.3, -0.25) is 28.8 Å². The molecule has 42 heavy (non-hydrogen) atoms. The average Bonchev–Trinajstić information content (AvgIpc) is 3.53. The Balaban J connectivity index is 1.26. The number of anilines is 1. The largest absolute Gasteiger partial charge is 0.353 e. The molecule has 0 saturated heterocycles. The molecule has 12 nitrogen and oxygen atoms in total. The van der Waals surface area contributed by atoms with E-state index in [-0.39, 0.29) is 41.9 Å². The first-order valence-corrected chi connectivity index (χ1v) is 15.6. The Bertz CT molecular complexity index is 1490. The maximum Gasteiger partial charge on any atom is 0.287 e. The second-order valence-electron chi connectivity index (χ2n) is 11.4. The summed E-state index contributed by atoms with van der Waals surface area (Å²) in [6, 6.07) is 1.87. The van der Waals surface area contributed by atoms with Crippen molar-refractivity contribution in [1.82, 2.24) is 25.5 Å². The van der Waals surface area contributed by atoms with Crippen molar-refractivity contribution in [2.24, 2.45) is 23.7 Å². The number of carbonyl (C=O) groups is 5. The lowest BCUT2D eigenvalue weighted by Gasteiger charge is -2.32. The van der Waals surface area contributed by atoms with E-state index >= 15 is 0 Å². The molecule has 4 bridgehead atoms. The van der Waals surface area contributed by atoms with Gasteiger partial charge in [0, 0.05) is 25.7 Å². The molecule has 2 aromatic rings. The molecular formula is C28H33BrN6O6S. The number of aromatic nitrogens is 2. The van der Waals surface area contributed by atoms with Crippen LogP contribution in [0.25, 0.3) is 0 Å². The lowest BCUT2D eigenvalue weighted by Crippen LogP contribution is -2.46. The second-order valence-corrected chi connectivity index (χ2v) is 13.7. The minimum absolute atomic E-state index is 0.0811. The Kier molecular flexibility index (Phi) is 8.92. The Morgan fingerprint density at radius 2 is 1.90 bits per heavy atom. The number of thiazole rings is 1. The molecule has 224 valence electrons. The first kappa shape index (κ1) is 30.1. The zero-order chi connectivity index (χ0) is 30.1. The molecule has 6 rings (SSSR count). The molecule has 4 amide bonds. The Morgan fingerprint density at radius 1 is 1.14 bits per heavy atom. The fraction of sp³-hybridized carbons (Fsp3) is 0.536. The highest BCUT2D eigenvalue weighted by atomic mass is 79.9. The fourth-order valence-corrected chi connectivity index (χ4v) is 8.37. The first-order chi connectivity index (χ1) is 20.0. The van der Waals surface area contributed by atoms with Crippen molar-refractivity contribution in [3.63, 3.8) is 0 Å². The van der Waals surface area contributed by atoms with E-state index in [9.17, 15) is 28.8 Å². The van der Waals surface area contributed by atoms with E-state index in [0.717, 1.165) is 23.7 Å². The molecule has 0 aromatic carbocycles. The number of ketones is 1. The molecule has 0 aliphatic heterocycles. The van der Waals surface area contributed by atoms with Crippen LogP contribution in [-0.4, -0.2) is 58.1 Å². The molecule has 2 aromatic heterocycles. The Morgan fingerprint density at radius 3 is 2.60 bits per heavy atom. The van der Waals surface area contributed by atoms with E-state index in [4.69, 9.17) is 0 Å². The summed E-state index contributed by atoms with van der Waals surface area (Å²) in [7, 11) is 1.32. The summed E-state index contributed by atoms with van der Waals surface area (Å²) >= 11 is 4.31. The van der Waals surface area contributed by atoms with Crippen molar-refractivity contribution in [2.45, 2.75) is 64.1 Å². The van der Waals surface area contributed by atoms with E-state index in [1.807, 2.05) is 0 Å². The van der Waals surface area contributed by atoms with E-state index < -0.39 is 35.1 Å². The Labute approximate surface area is 254 Å². The number of nitrogens with one attached hydrogen (secondary N) is 4. The molecule has 4 aliphatic carbocycles. The molecule has 0 radical (unpaired) electrons. The monoisotopic (exact) mass is 660 g/mol. The van der Waals surface area contributed by atoms with Crippen LogP contribution in [0.15, 0.2) is 27.0 Å². The Hall–Kier alpha value is -3.39. The zero-order valence-corrected chi connectivity index (χ0v) is 25.7. The molecular weight excluding hydrogens is 628 g/mol. The number of hydrogen-bond acceptors (Lipinski definition) is 8. The van der Waals surface area contributed by atoms with Gasteiger partial charge in [0.15, 0.2) is 3.92 Å². The van der Waals surface area contributed by atoms with Gasteiger partial charge in [0.25, 0.3) is 17.4 Å². The molecule has 4 saturated carbocycles. The number of halogens is 1. The standard InChI is InChI=1S/C28H33BrN6O6S/c1-13-23(42-28(29)31-13)26(40)32-18(5-6-20(36)25(39)30-2)24(38)33-19-4-3-7-35(27(19)41)12-21(37)34-22-16-9-14-8-15(11-16)17(22)10-14/h3-4,7,14-18,22H,5-6,8-12H2,1-2H3,(H,30,39)(H,32,40)(H,33,38)(H,34,37)/t14?,15?,16?,17?,18-,22?/m0/s1. The summed E-state index contributed by atoms with van der Waals surface area (Å²) in [6.07, 6.45) is 5.74. The number of nitrogens with zero attached hydrogens (tertiary/aromatic N) is 2. The van der Waals surface area contributed by atoms with E-state index in [2.05, 4.69) is 42.2 Å². The number of pyridine rings is 1. The highest BCUT2D eigenvalue weighted by Crippen LogP contribution is 2.58. The van der Waals surface area contributed by atoms with Crippen molar-refractivity contribution in [3.8, 4) is 0 Å². The van der Waals surface area contributed by atoms with Crippen LogP contribution in [0.1, 0.15) is 53.9 Å². The predicted octanol–water partition coefficient (Wildman–Crippen LogP) is 1.76.